The molecule has 138 valence electrons. The van der Waals surface area contributed by atoms with Crippen molar-refractivity contribution in [1.82, 2.24) is 24.9 Å². The van der Waals surface area contributed by atoms with E-state index in [0.29, 0.717) is 24.7 Å². The Hall–Kier alpha value is -2.05. The minimum Gasteiger partial charge on any atom is -0.336 e. The van der Waals surface area contributed by atoms with Crippen LogP contribution in [-0.2, 0) is 0 Å². The zero-order valence-corrected chi connectivity index (χ0v) is 15.5. The summed E-state index contributed by atoms with van der Waals surface area (Å²) in [5, 5.41) is 7.33. The molecule has 1 aromatic heterocycles. The van der Waals surface area contributed by atoms with E-state index in [2.05, 4.69) is 24.3 Å². The molecule has 3 rings (SSSR count). The third-order valence-electron chi connectivity index (χ3n) is 5.58. The second-order valence-corrected chi connectivity index (χ2v) is 7.03. The number of amides is 3. The summed E-state index contributed by atoms with van der Waals surface area (Å²) >= 11 is 0. The molecule has 1 atom stereocenters. The number of nitrogens with one attached hydrogen (secondary N) is 1. The quantitative estimate of drug-likeness (QED) is 0.887. The highest BCUT2D eigenvalue weighted by Crippen LogP contribution is 2.23. The number of hydrogen-bond donors (Lipinski definition) is 1. The second-order valence-electron chi connectivity index (χ2n) is 7.03. The molecule has 3 amide bonds. The van der Waals surface area contributed by atoms with Crippen LogP contribution in [0.1, 0.15) is 61.6 Å². The van der Waals surface area contributed by atoms with Crippen molar-refractivity contribution >= 4 is 11.9 Å². The van der Waals surface area contributed by atoms with Gasteiger partial charge in [0.2, 0.25) is 0 Å². The number of hydrogen-bond acceptors (Lipinski definition) is 3. The third kappa shape index (κ3) is 3.37. The summed E-state index contributed by atoms with van der Waals surface area (Å²) in [5.74, 6) is 0.0408. The maximum Gasteiger partial charge on any atom is 0.317 e. The standard InChI is InChI=1S/C18H29N5O2/c1-4-14(5-2)23-13(3)16(11-20-23)17(24)21-9-6-7-15(12-21)22-10-8-19-18(22)25/h11,14-15H,4-10,12H2,1-3H3,(H,19,25)/t15-/m0/s1. The lowest BCUT2D eigenvalue weighted by Gasteiger charge is -2.37. The van der Waals surface area contributed by atoms with E-state index in [1.54, 1.807) is 6.20 Å². The van der Waals surface area contributed by atoms with Crippen LogP contribution in [0.5, 0.6) is 0 Å². The van der Waals surface area contributed by atoms with Crippen molar-refractivity contribution < 1.29 is 9.59 Å². The average molecular weight is 347 g/mol. The van der Waals surface area contributed by atoms with Crippen LogP contribution in [0.15, 0.2) is 6.20 Å². The molecule has 2 saturated heterocycles. The lowest BCUT2D eigenvalue weighted by Crippen LogP contribution is -2.50. The van der Waals surface area contributed by atoms with E-state index in [1.165, 1.54) is 0 Å². The van der Waals surface area contributed by atoms with Gasteiger partial charge in [-0.25, -0.2) is 4.79 Å². The molecule has 1 aromatic rings. The first-order chi connectivity index (χ1) is 12.1. The molecule has 7 nitrogen and oxygen atoms in total. The van der Waals surface area contributed by atoms with Gasteiger partial charge in [0.05, 0.1) is 23.8 Å². The van der Waals surface area contributed by atoms with Crippen molar-refractivity contribution in [3.05, 3.63) is 17.5 Å². The fourth-order valence-corrected chi connectivity index (χ4v) is 4.03. The molecular formula is C18H29N5O2. The van der Waals surface area contributed by atoms with Crippen LogP contribution >= 0.6 is 0 Å². The first kappa shape index (κ1) is 17.8. The van der Waals surface area contributed by atoms with Crippen LogP contribution in [0.3, 0.4) is 0 Å². The number of nitrogens with zero attached hydrogens (tertiary/aromatic N) is 4. The molecule has 2 aliphatic rings. The van der Waals surface area contributed by atoms with Gasteiger partial charge in [0.1, 0.15) is 0 Å². The molecule has 0 aromatic carbocycles. The first-order valence-corrected chi connectivity index (χ1v) is 9.44. The first-order valence-electron chi connectivity index (χ1n) is 9.44. The van der Waals surface area contributed by atoms with Gasteiger partial charge < -0.3 is 15.1 Å². The van der Waals surface area contributed by atoms with E-state index in [-0.39, 0.29) is 18.0 Å². The van der Waals surface area contributed by atoms with E-state index >= 15 is 0 Å². The molecule has 0 saturated carbocycles. The number of urea groups is 1. The SMILES string of the molecule is CCC(CC)n1ncc(C(=O)N2CCC[C@H](N3CCNC3=O)C2)c1C. The molecule has 25 heavy (non-hydrogen) atoms. The molecular weight excluding hydrogens is 318 g/mol. The highest BCUT2D eigenvalue weighted by atomic mass is 16.2. The predicted molar refractivity (Wildman–Crippen MR) is 95.6 cm³/mol. The predicted octanol–water partition coefficient (Wildman–Crippen LogP) is 2.18. The fraction of sp³-hybridized carbons (Fsp3) is 0.722. The van der Waals surface area contributed by atoms with Crippen molar-refractivity contribution in [3.63, 3.8) is 0 Å². The Balaban J connectivity index is 1.73. The van der Waals surface area contributed by atoms with Gasteiger partial charge in [-0.15, -0.1) is 0 Å². The summed E-state index contributed by atoms with van der Waals surface area (Å²) in [4.78, 5) is 28.7. The summed E-state index contributed by atoms with van der Waals surface area (Å²) in [7, 11) is 0. The van der Waals surface area contributed by atoms with Crippen LogP contribution in [0.4, 0.5) is 4.79 Å². The lowest BCUT2D eigenvalue weighted by atomic mass is 10.0. The van der Waals surface area contributed by atoms with Crippen molar-refractivity contribution in [3.8, 4) is 0 Å². The Kier molecular flexibility index (Phi) is 5.30. The highest BCUT2D eigenvalue weighted by Gasteiger charge is 2.33. The van der Waals surface area contributed by atoms with Crippen molar-refractivity contribution in [2.45, 2.75) is 58.5 Å². The number of likely N-dealkylation sites (tertiary alicyclic amines) is 1. The van der Waals surface area contributed by atoms with Crippen molar-refractivity contribution in [2.24, 2.45) is 0 Å². The molecule has 2 aliphatic heterocycles. The fourth-order valence-electron chi connectivity index (χ4n) is 4.03. The molecule has 2 fully saturated rings. The lowest BCUT2D eigenvalue weighted by molar-refractivity contribution is 0.0633. The van der Waals surface area contributed by atoms with Crippen molar-refractivity contribution in [2.75, 3.05) is 26.2 Å². The Morgan fingerprint density at radius 3 is 2.76 bits per heavy atom. The molecule has 0 bridgehead atoms. The number of aromatic nitrogens is 2. The van der Waals surface area contributed by atoms with Crippen LogP contribution in [0.2, 0.25) is 0 Å². The summed E-state index contributed by atoms with van der Waals surface area (Å²) in [6, 6.07) is 0.454. The smallest absolute Gasteiger partial charge is 0.317 e. The number of piperidine rings is 1. The maximum absolute atomic E-state index is 13.0. The summed E-state index contributed by atoms with van der Waals surface area (Å²) < 4.78 is 1.99. The van der Waals surface area contributed by atoms with Gasteiger partial charge in [0.15, 0.2) is 0 Å². The van der Waals surface area contributed by atoms with E-state index in [0.717, 1.165) is 44.5 Å². The van der Waals surface area contributed by atoms with Gasteiger partial charge in [-0.05, 0) is 32.6 Å². The number of carbonyl (C=O) groups excluding carboxylic acids is 2. The Morgan fingerprint density at radius 1 is 1.36 bits per heavy atom. The number of carbonyl (C=O) groups is 2. The molecule has 0 spiro atoms. The third-order valence-corrected chi connectivity index (χ3v) is 5.58. The van der Waals surface area contributed by atoms with E-state index < -0.39 is 0 Å². The molecule has 0 aliphatic carbocycles. The number of rotatable bonds is 5. The van der Waals surface area contributed by atoms with Gasteiger partial charge in [0.25, 0.3) is 5.91 Å². The minimum atomic E-state index is -0.00275. The minimum absolute atomic E-state index is 0.00275. The maximum atomic E-state index is 13.0. The Morgan fingerprint density at radius 2 is 2.12 bits per heavy atom. The Bertz CT molecular complexity index is 637. The van der Waals surface area contributed by atoms with E-state index in [1.807, 2.05) is 21.4 Å². The molecule has 0 unspecified atom stereocenters. The molecule has 0 radical (unpaired) electrons. The summed E-state index contributed by atoms with van der Waals surface area (Å²) in [6.07, 6.45) is 5.61. The Labute approximate surface area is 149 Å². The highest BCUT2D eigenvalue weighted by molar-refractivity contribution is 5.95. The normalized spacial score (nSPS) is 21.1. The van der Waals surface area contributed by atoms with Gasteiger partial charge in [-0.3, -0.25) is 9.48 Å². The molecule has 3 heterocycles. The average Bonchev–Trinajstić information content (AvgIpc) is 3.22. The van der Waals surface area contributed by atoms with Crippen LogP contribution in [0.25, 0.3) is 0 Å². The van der Waals surface area contributed by atoms with Crippen molar-refractivity contribution in [1.29, 1.82) is 0 Å². The zero-order chi connectivity index (χ0) is 18.0. The topological polar surface area (TPSA) is 70.5 Å². The monoisotopic (exact) mass is 347 g/mol. The molecule has 1 N–H and O–H groups in total. The largest absolute Gasteiger partial charge is 0.336 e. The molecule has 7 heteroatoms. The van der Waals surface area contributed by atoms with Gasteiger partial charge >= 0.3 is 6.03 Å². The van der Waals surface area contributed by atoms with E-state index in [4.69, 9.17) is 0 Å². The van der Waals surface area contributed by atoms with Crippen LogP contribution < -0.4 is 5.32 Å². The second kappa shape index (κ2) is 7.45. The van der Waals surface area contributed by atoms with Crippen LogP contribution in [-0.4, -0.2) is 63.7 Å². The summed E-state index contributed by atoms with van der Waals surface area (Å²) in [5.41, 5.74) is 1.64. The van der Waals surface area contributed by atoms with Gasteiger partial charge in [-0.1, -0.05) is 13.8 Å². The van der Waals surface area contributed by atoms with Gasteiger partial charge in [-0.2, -0.15) is 5.10 Å². The van der Waals surface area contributed by atoms with Crippen LogP contribution in [0, 0.1) is 6.92 Å². The summed E-state index contributed by atoms with van der Waals surface area (Å²) in [6.45, 7) is 9.07. The van der Waals surface area contributed by atoms with E-state index in [9.17, 15) is 9.59 Å². The zero-order valence-electron chi connectivity index (χ0n) is 15.5. The van der Waals surface area contributed by atoms with Gasteiger partial charge in [0, 0.05) is 31.9 Å².